The van der Waals surface area contributed by atoms with Crippen LogP contribution in [0.25, 0.3) is 0 Å². The standard InChI is InChI=1S/C13H22N2O/c1-10(13(16)15-12-7-8-12)14-9-11-5-3-2-4-6-11/h2-3,10-12,14H,4-9H2,1H3,(H,15,16). The van der Waals surface area contributed by atoms with Gasteiger partial charge < -0.3 is 10.6 Å². The van der Waals surface area contributed by atoms with E-state index in [-0.39, 0.29) is 11.9 Å². The minimum atomic E-state index is -0.0495. The van der Waals surface area contributed by atoms with Crippen LogP contribution in [0, 0.1) is 5.92 Å². The molecule has 3 heteroatoms. The van der Waals surface area contributed by atoms with Crippen molar-refractivity contribution in [2.75, 3.05) is 6.54 Å². The molecule has 16 heavy (non-hydrogen) atoms. The van der Waals surface area contributed by atoms with E-state index in [0.717, 1.165) is 25.8 Å². The van der Waals surface area contributed by atoms with E-state index in [1.165, 1.54) is 12.8 Å². The topological polar surface area (TPSA) is 41.1 Å². The van der Waals surface area contributed by atoms with Crippen LogP contribution in [-0.4, -0.2) is 24.5 Å². The first-order chi connectivity index (χ1) is 7.75. The highest BCUT2D eigenvalue weighted by atomic mass is 16.2. The number of amides is 1. The maximum Gasteiger partial charge on any atom is 0.237 e. The van der Waals surface area contributed by atoms with E-state index in [0.29, 0.717) is 12.0 Å². The summed E-state index contributed by atoms with van der Waals surface area (Å²) in [5.41, 5.74) is 0. The molecule has 0 aromatic heterocycles. The summed E-state index contributed by atoms with van der Waals surface area (Å²) in [4.78, 5) is 11.7. The molecule has 2 aliphatic carbocycles. The molecule has 0 bridgehead atoms. The van der Waals surface area contributed by atoms with Crippen LogP contribution >= 0.6 is 0 Å². The lowest BCUT2D eigenvalue weighted by molar-refractivity contribution is -0.122. The number of hydrogen-bond donors (Lipinski definition) is 2. The minimum Gasteiger partial charge on any atom is -0.352 e. The van der Waals surface area contributed by atoms with Gasteiger partial charge in [0.1, 0.15) is 0 Å². The lowest BCUT2D eigenvalue weighted by Gasteiger charge is -2.21. The summed E-state index contributed by atoms with van der Waals surface area (Å²) in [6.07, 6.45) is 10.4. The Morgan fingerprint density at radius 3 is 2.81 bits per heavy atom. The molecule has 3 nitrogen and oxygen atoms in total. The van der Waals surface area contributed by atoms with Gasteiger partial charge in [0, 0.05) is 6.04 Å². The van der Waals surface area contributed by atoms with Gasteiger partial charge in [-0.2, -0.15) is 0 Å². The van der Waals surface area contributed by atoms with Crippen molar-refractivity contribution in [3.63, 3.8) is 0 Å². The molecular weight excluding hydrogens is 200 g/mol. The normalized spacial score (nSPS) is 26.4. The fourth-order valence-electron chi connectivity index (χ4n) is 2.03. The Kier molecular flexibility index (Phi) is 3.99. The predicted molar refractivity (Wildman–Crippen MR) is 65.1 cm³/mol. The lowest BCUT2D eigenvalue weighted by Crippen LogP contribution is -2.44. The van der Waals surface area contributed by atoms with Gasteiger partial charge in [0.2, 0.25) is 5.91 Å². The highest BCUT2D eigenvalue weighted by Gasteiger charge is 2.25. The van der Waals surface area contributed by atoms with E-state index in [1.807, 2.05) is 6.92 Å². The number of allylic oxidation sites excluding steroid dienone is 2. The van der Waals surface area contributed by atoms with Crippen LogP contribution < -0.4 is 10.6 Å². The first-order valence-electron chi connectivity index (χ1n) is 6.44. The van der Waals surface area contributed by atoms with Crippen molar-refractivity contribution in [1.82, 2.24) is 10.6 Å². The molecule has 2 rings (SSSR count). The molecule has 2 N–H and O–H groups in total. The molecular formula is C13H22N2O. The van der Waals surface area contributed by atoms with Crippen LogP contribution in [0.3, 0.4) is 0 Å². The number of carbonyl (C=O) groups excluding carboxylic acids is 1. The fraction of sp³-hybridized carbons (Fsp3) is 0.769. The molecule has 1 saturated carbocycles. The molecule has 0 aromatic carbocycles. The molecule has 1 amide bonds. The van der Waals surface area contributed by atoms with Gasteiger partial charge in [-0.3, -0.25) is 4.79 Å². The average molecular weight is 222 g/mol. The highest BCUT2D eigenvalue weighted by Crippen LogP contribution is 2.19. The van der Waals surface area contributed by atoms with Gasteiger partial charge in [0.05, 0.1) is 6.04 Å². The number of rotatable bonds is 5. The highest BCUT2D eigenvalue weighted by molar-refractivity contribution is 5.81. The fourth-order valence-corrected chi connectivity index (χ4v) is 2.03. The van der Waals surface area contributed by atoms with Crippen LogP contribution in [0.15, 0.2) is 12.2 Å². The third-order valence-electron chi connectivity index (χ3n) is 3.41. The molecule has 90 valence electrons. The molecule has 1 fully saturated rings. The van der Waals surface area contributed by atoms with Crippen molar-refractivity contribution in [2.45, 2.75) is 51.1 Å². The van der Waals surface area contributed by atoms with Gasteiger partial charge in [-0.1, -0.05) is 12.2 Å². The maximum atomic E-state index is 11.7. The second-order valence-electron chi connectivity index (χ2n) is 5.06. The summed E-state index contributed by atoms with van der Waals surface area (Å²) in [6, 6.07) is 0.417. The first kappa shape index (κ1) is 11.6. The smallest absolute Gasteiger partial charge is 0.237 e. The Bertz CT molecular complexity index is 271. The SMILES string of the molecule is CC(NCC1CC=CCC1)C(=O)NC1CC1. The molecule has 0 aliphatic heterocycles. The summed E-state index contributed by atoms with van der Waals surface area (Å²) in [5, 5.41) is 6.37. The summed E-state index contributed by atoms with van der Waals surface area (Å²) in [5.74, 6) is 0.870. The van der Waals surface area contributed by atoms with Crippen LogP contribution in [-0.2, 0) is 4.79 Å². The Balaban J connectivity index is 1.63. The second kappa shape index (κ2) is 5.48. The van der Waals surface area contributed by atoms with Crippen LogP contribution in [0.4, 0.5) is 0 Å². The van der Waals surface area contributed by atoms with Crippen molar-refractivity contribution in [1.29, 1.82) is 0 Å². The first-order valence-corrected chi connectivity index (χ1v) is 6.44. The van der Waals surface area contributed by atoms with Crippen molar-refractivity contribution >= 4 is 5.91 Å². The average Bonchev–Trinajstić information content (AvgIpc) is 3.11. The van der Waals surface area contributed by atoms with Gasteiger partial charge >= 0.3 is 0 Å². The zero-order valence-electron chi connectivity index (χ0n) is 10.0. The molecule has 0 radical (unpaired) electrons. The van der Waals surface area contributed by atoms with E-state index in [2.05, 4.69) is 22.8 Å². The monoisotopic (exact) mass is 222 g/mol. The largest absolute Gasteiger partial charge is 0.352 e. The third kappa shape index (κ3) is 3.63. The molecule has 0 heterocycles. The Morgan fingerprint density at radius 2 is 2.19 bits per heavy atom. The maximum absolute atomic E-state index is 11.7. The van der Waals surface area contributed by atoms with Gasteiger partial charge in [-0.25, -0.2) is 0 Å². The van der Waals surface area contributed by atoms with E-state index < -0.39 is 0 Å². The van der Waals surface area contributed by atoms with Crippen molar-refractivity contribution in [3.8, 4) is 0 Å². The summed E-state index contributed by atoms with van der Waals surface area (Å²) >= 11 is 0. The molecule has 0 saturated heterocycles. The molecule has 2 aliphatic rings. The number of hydrogen-bond acceptors (Lipinski definition) is 2. The zero-order chi connectivity index (χ0) is 11.4. The summed E-state index contributed by atoms with van der Waals surface area (Å²) in [6.45, 7) is 2.92. The van der Waals surface area contributed by atoms with E-state index in [4.69, 9.17) is 0 Å². The van der Waals surface area contributed by atoms with Crippen molar-refractivity contribution < 1.29 is 4.79 Å². The van der Waals surface area contributed by atoms with Crippen LogP contribution in [0.5, 0.6) is 0 Å². The zero-order valence-corrected chi connectivity index (χ0v) is 10.0. The molecule has 2 atom stereocenters. The molecule has 2 unspecified atom stereocenters. The van der Waals surface area contributed by atoms with Crippen molar-refractivity contribution in [2.24, 2.45) is 5.92 Å². The second-order valence-corrected chi connectivity index (χ2v) is 5.06. The number of carbonyl (C=O) groups is 1. The minimum absolute atomic E-state index is 0.0495. The van der Waals surface area contributed by atoms with E-state index >= 15 is 0 Å². The van der Waals surface area contributed by atoms with Gasteiger partial charge in [-0.15, -0.1) is 0 Å². The van der Waals surface area contributed by atoms with Crippen molar-refractivity contribution in [3.05, 3.63) is 12.2 Å². The third-order valence-corrected chi connectivity index (χ3v) is 3.41. The Morgan fingerprint density at radius 1 is 1.38 bits per heavy atom. The van der Waals surface area contributed by atoms with E-state index in [9.17, 15) is 4.79 Å². The Hall–Kier alpha value is -0.830. The molecule has 0 aromatic rings. The summed E-state index contributed by atoms with van der Waals surface area (Å²) < 4.78 is 0. The van der Waals surface area contributed by atoms with Crippen LogP contribution in [0.2, 0.25) is 0 Å². The molecule has 0 spiro atoms. The van der Waals surface area contributed by atoms with Crippen LogP contribution in [0.1, 0.15) is 39.0 Å². The van der Waals surface area contributed by atoms with Gasteiger partial charge in [0.25, 0.3) is 0 Å². The quantitative estimate of drug-likeness (QED) is 0.694. The predicted octanol–water partition coefficient (Wildman–Crippen LogP) is 1.60. The van der Waals surface area contributed by atoms with Gasteiger partial charge in [0.15, 0.2) is 0 Å². The van der Waals surface area contributed by atoms with Gasteiger partial charge in [-0.05, 0) is 51.5 Å². The van der Waals surface area contributed by atoms with E-state index in [1.54, 1.807) is 0 Å². The Labute approximate surface area is 97.7 Å². The summed E-state index contributed by atoms with van der Waals surface area (Å²) in [7, 11) is 0. The number of nitrogens with one attached hydrogen (secondary N) is 2. The lowest BCUT2D eigenvalue weighted by atomic mass is 9.94.